The van der Waals surface area contributed by atoms with Crippen molar-refractivity contribution in [2.24, 2.45) is 10.9 Å². The molecule has 0 radical (unpaired) electrons. The predicted molar refractivity (Wildman–Crippen MR) is 539 cm³/mol. The number of aryl methyl sites for hydroxylation is 11. The molecule has 3 fully saturated rings. The van der Waals surface area contributed by atoms with E-state index < -0.39 is 11.6 Å². The highest BCUT2D eigenvalue weighted by Crippen LogP contribution is 2.45. The average Bonchev–Trinajstić information content (AvgIpc) is 1.59. The molecule has 30 heteroatoms. The third kappa shape index (κ3) is 23.8. The molecule has 18 rings (SSSR count). The van der Waals surface area contributed by atoms with Gasteiger partial charge < -0.3 is 70.6 Å². The highest BCUT2D eigenvalue weighted by molar-refractivity contribution is 7.15. The lowest BCUT2D eigenvalue weighted by Crippen LogP contribution is -2.44. The SMILES string of the molecule is CCC(=O)N1CCOc2c(cc(-c3ccc(OC)c(OC)c3)cc2OC[C@H]2CCCN(C)C2)C1.COc1ccc(CCc2nc3cc(-c4c(C)noc4C)ccc3n2CC(C)N2CCOCC2)cc1Cl.COc1ccc(CCc2nc3cc(-c4c(C)noc4C)ccc3n2C[C@H](C)N2CCOCC2)cc1Cl.Cc1ccc(C2=N[C@@H](CC(=O)OC(C)(C)C)c3nnc(C)n3-c3sc(C)c(C)c32)cc1. The molecular weight excluding hydrogens is 1790 g/mol. The molecule has 4 atom stereocenters. The second-order valence-electron chi connectivity index (χ2n) is 37.2. The highest BCUT2D eigenvalue weighted by Gasteiger charge is 2.35. The first-order valence-corrected chi connectivity index (χ1v) is 49.2. The fourth-order valence-electron chi connectivity index (χ4n) is 18.9. The van der Waals surface area contributed by atoms with Crippen molar-refractivity contribution in [3.05, 3.63) is 227 Å². The Balaban J connectivity index is 0.000000139. The van der Waals surface area contributed by atoms with E-state index in [1.807, 2.05) is 116 Å². The third-order valence-corrected chi connectivity index (χ3v) is 28.0. The van der Waals surface area contributed by atoms with E-state index in [0.717, 1.165) is 250 Å². The number of likely N-dealkylation sites (tertiary alicyclic amines) is 1. The molecule has 0 bridgehead atoms. The first-order valence-electron chi connectivity index (χ1n) is 47.6. The Kier molecular flexibility index (Phi) is 32.8. The number of fused-ring (bicyclic) bond motifs is 6. The summed E-state index contributed by atoms with van der Waals surface area (Å²) in [5, 5.41) is 19.3. The third-order valence-electron chi connectivity index (χ3n) is 26.3. The Morgan fingerprint density at radius 2 is 1.10 bits per heavy atom. The number of piperidine rings is 1. The standard InChI is InChI=1S/2C28H33ClN4O3.C27H36N2O5.C24H28N4O2S/c2*1-18(32-11-13-35-14-12-32)17-33-25-8-7-22(28-19(2)31-36-20(28)3)16-24(25)30-27(33)10-6-21-5-9-26(34-4)23(29)15-21;1-5-26(30)29-11-12-33-27-22(17-29)13-21(20-8-9-23(31-3)24(14-20)32-4)15-25(27)34-18-19-7-6-10-28(2)16-19;1-13-8-10-17(11-9-13)21-20-14(2)15(3)31-23(20)28-16(4)26-27-22(28)18(25-21)12-19(29)30-24(5,6)7/h2*5,7-9,15-16,18H,6,10-14,17H2,1-4H3;8-9,13-15,19H,5-7,10-12,16-18H2,1-4H3;8-11,18H,12H2,1-7H3/t18-;;19-;18-/m0.00/s1. The number of ether oxygens (including phenoxy) is 9. The lowest BCUT2D eigenvalue weighted by atomic mass is 9.99. The maximum absolute atomic E-state index is 12.7. The lowest BCUT2D eigenvalue weighted by molar-refractivity contribution is -0.155. The molecule has 3 saturated heterocycles. The first kappa shape index (κ1) is 100.0. The van der Waals surface area contributed by atoms with Crippen molar-refractivity contribution >= 4 is 74.2 Å². The van der Waals surface area contributed by atoms with Crippen molar-refractivity contribution in [2.45, 2.75) is 192 Å². The van der Waals surface area contributed by atoms with Gasteiger partial charge in [-0.2, -0.15) is 0 Å². The number of thiophene rings is 1. The van der Waals surface area contributed by atoms with Gasteiger partial charge in [-0.25, -0.2) is 9.97 Å². The van der Waals surface area contributed by atoms with Gasteiger partial charge in [-0.05, 0) is 241 Å². The van der Waals surface area contributed by atoms with Crippen molar-refractivity contribution in [1.82, 2.24) is 63.8 Å². The zero-order valence-electron chi connectivity index (χ0n) is 82.6. The Labute approximate surface area is 818 Å². The fraction of sp³-hybridized carbons (Fsp3) is 0.449. The summed E-state index contributed by atoms with van der Waals surface area (Å²) < 4.78 is 68.5. The van der Waals surface area contributed by atoms with Gasteiger partial charge in [0.05, 0.1) is 124 Å². The summed E-state index contributed by atoms with van der Waals surface area (Å²) in [7, 11) is 8.70. The van der Waals surface area contributed by atoms with Crippen LogP contribution in [0.25, 0.3) is 60.4 Å². The lowest BCUT2D eigenvalue weighted by Gasteiger charge is -2.32. The molecule has 27 nitrogen and oxygen atoms in total. The number of rotatable bonds is 26. The molecule has 13 aromatic rings. The molecule has 137 heavy (non-hydrogen) atoms. The van der Waals surface area contributed by atoms with Gasteiger partial charge in [-0.15, -0.1) is 21.5 Å². The zero-order valence-corrected chi connectivity index (χ0v) is 85.0. The van der Waals surface area contributed by atoms with Gasteiger partial charge in [0.2, 0.25) is 5.91 Å². The number of nitrogens with zero attached hydrogens (tertiary/aromatic N) is 14. The minimum Gasteiger partial charge on any atom is -0.495 e. The van der Waals surface area contributed by atoms with Gasteiger partial charge in [0.15, 0.2) is 28.8 Å². The molecule has 0 N–H and O–H groups in total. The molecule has 0 saturated carbocycles. The summed E-state index contributed by atoms with van der Waals surface area (Å²) in [6, 6.07) is 43.6. The number of halogens is 2. The molecular formula is C107H130Cl2N14O13S. The van der Waals surface area contributed by atoms with E-state index in [1.54, 1.807) is 39.8 Å². The number of hydrogen-bond donors (Lipinski definition) is 0. The molecule has 1 amide bonds. The van der Waals surface area contributed by atoms with Crippen molar-refractivity contribution in [3.8, 4) is 72.9 Å². The van der Waals surface area contributed by atoms with E-state index in [0.29, 0.717) is 89.6 Å². The first-order chi connectivity index (χ1) is 65.9. The van der Waals surface area contributed by atoms with Gasteiger partial charge >= 0.3 is 5.97 Å². The van der Waals surface area contributed by atoms with Crippen LogP contribution in [-0.2, 0) is 69.1 Å². The number of methoxy groups -OCH3 is 4. The Morgan fingerprint density at radius 3 is 1.61 bits per heavy atom. The number of aliphatic imine (C=N–C) groups is 1. The van der Waals surface area contributed by atoms with Gasteiger partial charge in [-0.1, -0.05) is 101 Å². The summed E-state index contributed by atoms with van der Waals surface area (Å²) >= 11 is 14.5. The second-order valence-corrected chi connectivity index (χ2v) is 39.2. The van der Waals surface area contributed by atoms with E-state index in [-0.39, 0.29) is 18.3 Å². The summed E-state index contributed by atoms with van der Waals surface area (Å²) in [5.41, 5.74) is 20.4. The number of esters is 1. The quantitative estimate of drug-likeness (QED) is 0.0456. The molecule has 11 heterocycles. The molecule has 0 spiro atoms. The zero-order chi connectivity index (χ0) is 97.0. The van der Waals surface area contributed by atoms with E-state index in [4.69, 9.17) is 89.8 Å². The van der Waals surface area contributed by atoms with E-state index in [9.17, 15) is 9.59 Å². The van der Waals surface area contributed by atoms with Crippen LogP contribution in [0.2, 0.25) is 10.0 Å². The minimum absolute atomic E-state index is 0.109. The maximum Gasteiger partial charge on any atom is 0.308 e. The molecule has 5 aliphatic heterocycles. The summed E-state index contributed by atoms with van der Waals surface area (Å²) in [6.45, 7) is 41.3. The van der Waals surface area contributed by atoms with E-state index in [2.05, 4.69) is 169 Å². The van der Waals surface area contributed by atoms with Crippen LogP contribution < -0.4 is 28.4 Å². The van der Waals surface area contributed by atoms with E-state index in [1.165, 1.54) is 28.8 Å². The van der Waals surface area contributed by atoms with Crippen molar-refractivity contribution in [1.29, 1.82) is 0 Å². The summed E-state index contributed by atoms with van der Waals surface area (Å²) in [6.07, 6.45) is 6.26. The van der Waals surface area contributed by atoms with Gasteiger partial charge in [0.1, 0.15) is 63.7 Å². The van der Waals surface area contributed by atoms with Crippen LogP contribution in [0, 0.1) is 61.3 Å². The molecule has 0 aliphatic carbocycles. The smallest absolute Gasteiger partial charge is 0.308 e. The molecule has 7 aromatic carbocycles. The Morgan fingerprint density at radius 1 is 0.569 bits per heavy atom. The van der Waals surface area contributed by atoms with Crippen molar-refractivity contribution in [2.75, 3.05) is 121 Å². The largest absolute Gasteiger partial charge is 0.495 e. The molecule has 6 aromatic heterocycles. The molecule has 1 unspecified atom stereocenters. The van der Waals surface area contributed by atoms with Gasteiger partial charge in [0.25, 0.3) is 0 Å². The van der Waals surface area contributed by atoms with Crippen molar-refractivity contribution < 1.29 is 61.3 Å². The highest BCUT2D eigenvalue weighted by atomic mass is 35.5. The fourth-order valence-corrected chi connectivity index (χ4v) is 20.7. The maximum atomic E-state index is 12.7. The van der Waals surface area contributed by atoms with Crippen LogP contribution in [0.3, 0.4) is 0 Å². The average molecular weight is 1920 g/mol. The minimum atomic E-state index is -0.554. The number of imidazole rings is 2. The number of carbonyl (C=O) groups excluding carboxylic acids is 2. The van der Waals surface area contributed by atoms with Gasteiger partial charge in [-0.3, -0.25) is 28.9 Å². The second kappa shape index (κ2) is 45.0. The molecule has 5 aliphatic rings. The number of aromatic nitrogens is 9. The number of amides is 1. The monoisotopic (exact) mass is 1920 g/mol. The van der Waals surface area contributed by atoms with Gasteiger partial charge in [0, 0.05) is 122 Å². The van der Waals surface area contributed by atoms with Crippen LogP contribution in [0.1, 0.15) is 163 Å². The Bertz CT molecular complexity index is 6180. The number of carbonyl (C=O) groups is 2. The number of hydrogen-bond acceptors (Lipinski definition) is 24. The Hall–Kier alpha value is -11.5. The van der Waals surface area contributed by atoms with Crippen LogP contribution in [0.5, 0.6) is 34.5 Å². The van der Waals surface area contributed by atoms with Crippen LogP contribution in [0.15, 0.2) is 141 Å². The topological polar surface area (TPSA) is 261 Å². The van der Waals surface area contributed by atoms with Crippen LogP contribution in [0.4, 0.5) is 0 Å². The summed E-state index contributed by atoms with van der Waals surface area (Å²) in [4.78, 5) is 51.0. The predicted octanol–water partition coefficient (Wildman–Crippen LogP) is 20.4. The van der Waals surface area contributed by atoms with E-state index >= 15 is 0 Å². The molecule has 726 valence electrons. The summed E-state index contributed by atoms with van der Waals surface area (Å²) in [5.74, 6) is 9.80. The normalized spacial score (nSPS) is 16.3. The number of morpholine rings is 2. The van der Waals surface area contributed by atoms with Crippen molar-refractivity contribution in [3.63, 3.8) is 0 Å². The number of benzene rings is 7. The van der Waals surface area contributed by atoms with Crippen LogP contribution in [-0.4, -0.2) is 220 Å². The van der Waals surface area contributed by atoms with Crippen LogP contribution >= 0.6 is 34.5 Å².